The van der Waals surface area contributed by atoms with Crippen molar-refractivity contribution in [2.24, 2.45) is 0 Å². The Kier molecular flexibility index (Phi) is 7.74. The number of nitrogens with one attached hydrogen (secondary N) is 1. The van der Waals surface area contributed by atoms with E-state index in [0.717, 1.165) is 17.3 Å². The number of esters is 1. The highest BCUT2D eigenvalue weighted by Crippen LogP contribution is 2.25. The Balaban J connectivity index is 1.35. The minimum absolute atomic E-state index is 0.0574. The number of Topliss-reactive ketones (excluding diaryl/α,β-unsaturated/α-hetero) is 1. The molecule has 0 aliphatic heterocycles. The molecule has 4 rings (SSSR count). The SMILES string of the molecule is CC(=O)c1cccc(NC(=O)COC(=O)CSc2nnc(-c3ccco3)n2Cc2ccccc2)c1. The number of ketones is 1. The maximum Gasteiger partial charge on any atom is 0.316 e. The molecule has 1 N–H and O–H groups in total. The van der Waals surface area contributed by atoms with Gasteiger partial charge in [-0.05, 0) is 36.8 Å². The zero-order chi connectivity index (χ0) is 24.6. The molecule has 2 aromatic heterocycles. The first kappa shape index (κ1) is 24.0. The molecule has 4 aromatic rings. The largest absolute Gasteiger partial charge is 0.461 e. The quantitative estimate of drug-likeness (QED) is 0.201. The Morgan fingerprint density at radius 1 is 1.03 bits per heavy atom. The van der Waals surface area contributed by atoms with Gasteiger partial charge in [0.25, 0.3) is 5.91 Å². The number of hydrogen-bond donors (Lipinski definition) is 1. The summed E-state index contributed by atoms with van der Waals surface area (Å²) >= 11 is 1.16. The molecule has 0 saturated heterocycles. The van der Waals surface area contributed by atoms with Gasteiger partial charge in [-0.3, -0.25) is 19.0 Å². The first-order valence-corrected chi connectivity index (χ1v) is 11.7. The summed E-state index contributed by atoms with van der Waals surface area (Å²) in [5, 5.41) is 11.6. The number of aromatic nitrogens is 3. The molecule has 178 valence electrons. The molecular formula is C25H22N4O5S. The predicted molar refractivity (Wildman–Crippen MR) is 130 cm³/mol. The van der Waals surface area contributed by atoms with Crippen LogP contribution < -0.4 is 5.32 Å². The minimum atomic E-state index is -0.573. The van der Waals surface area contributed by atoms with E-state index in [1.54, 1.807) is 42.7 Å². The smallest absolute Gasteiger partial charge is 0.316 e. The first-order chi connectivity index (χ1) is 17.0. The van der Waals surface area contributed by atoms with Gasteiger partial charge >= 0.3 is 5.97 Å². The van der Waals surface area contributed by atoms with Crippen LogP contribution in [-0.4, -0.2) is 44.8 Å². The number of nitrogens with zero attached hydrogens (tertiary/aromatic N) is 3. The topological polar surface area (TPSA) is 116 Å². The van der Waals surface area contributed by atoms with Crippen molar-refractivity contribution in [3.63, 3.8) is 0 Å². The van der Waals surface area contributed by atoms with Gasteiger partial charge < -0.3 is 14.5 Å². The van der Waals surface area contributed by atoms with E-state index >= 15 is 0 Å². The lowest BCUT2D eigenvalue weighted by Gasteiger charge is -2.10. The fourth-order valence-electron chi connectivity index (χ4n) is 3.22. The summed E-state index contributed by atoms with van der Waals surface area (Å²) in [6, 6.07) is 19.9. The summed E-state index contributed by atoms with van der Waals surface area (Å²) in [7, 11) is 0. The number of amides is 1. The summed E-state index contributed by atoms with van der Waals surface area (Å²) in [5.74, 6) is -0.138. The van der Waals surface area contributed by atoms with Crippen molar-refractivity contribution in [3.8, 4) is 11.6 Å². The van der Waals surface area contributed by atoms with Crippen LogP contribution in [0.1, 0.15) is 22.8 Å². The molecule has 0 aliphatic rings. The van der Waals surface area contributed by atoms with Crippen LogP contribution in [0.25, 0.3) is 11.6 Å². The van der Waals surface area contributed by atoms with Crippen LogP contribution >= 0.6 is 11.8 Å². The number of ether oxygens (including phenoxy) is 1. The fourth-order valence-corrected chi connectivity index (χ4v) is 3.95. The molecule has 0 radical (unpaired) electrons. The van der Waals surface area contributed by atoms with Crippen LogP contribution in [0.4, 0.5) is 5.69 Å². The normalized spacial score (nSPS) is 10.7. The molecule has 0 unspecified atom stereocenters. The molecule has 35 heavy (non-hydrogen) atoms. The van der Waals surface area contributed by atoms with Crippen molar-refractivity contribution in [1.82, 2.24) is 14.8 Å². The second kappa shape index (κ2) is 11.3. The number of benzene rings is 2. The standard InChI is InChI=1S/C25H22N4O5S/c1-17(30)19-9-5-10-20(13-19)26-22(31)15-34-23(32)16-35-25-28-27-24(21-11-6-12-33-21)29(25)14-18-7-3-2-4-8-18/h2-13H,14-16H2,1H3,(H,26,31). The van der Waals surface area contributed by atoms with Gasteiger partial charge in [0.15, 0.2) is 23.3 Å². The Hall–Kier alpha value is -4.18. The third-order valence-electron chi connectivity index (χ3n) is 4.88. The van der Waals surface area contributed by atoms with Crippen molar-refractivity contribution in [2.75, 3.05) is 17.7 Å². The van der Waals surface area contributed by atoms with Crippen molar-refractivity contribution in [3.05, 3.63) is 84.1 Å². The molecule has 9 nitrogen and oxygen atoms in total. The van der Waals surface area contributed by atoms with E-state index in [2.05, 4.69) is 15.5 Å². The predicted octanol–water partition coefficient (Wildman–Crippen LogP) is 4.06. The van der Waals surface area contributed by atoms with Gasteiger partial charge in [0.05, 0.1) is 18.6 Å². The van der Waals surface area contributed by atoms with Gasteiger partial charge in [-0.15, -0.1) is 10.2 Å². The van der Waals surface area contributed by atoms with Gasteiger partial charge in [-0.1, -0.05) is 54.2 Å². The third kappa shape index (κ3) is 6.45. The van der Waals surface area contributed by atoms with Gasteiger partial charge in [-0.25, -0.2) is 0 Å². The summed E-state index contributed by atoms with van der Waals surface area (Å²) in [5.41, 5.74) is 1.97. The molecule has 0 atom stereocenters. The van der Waals surface area contributed by atoms with E-state index in [1.807, 2.05) is 34.9 Å². The van der Waals surface area contributed by atoms with E-state index in [-0.39, 0.29) is 11.5 Å². The number of hydrogen-bond acceptors (Lipinski definition) is 8. The van der Waals surface area contributed by atoms with Crippen LogP contribution in [0, 0.1) is 0 Å². The first-order valence-electron chi connectivity index (χ1n) is 10.7. The summed E-state index contributed by atoms with van der Waals surface area (Å²) in [6.45, 7) is 1.49. The zero-order valence-electron chi connectivity index (χ0n) is 18.8. The van der Waals surface area contributed by atoms with Gasteiger partial charge in [0.1, 0.15) is 0 Å². The molecule has 0 fully saturated rings. The third-order valence-corrected chi connectivity index (χ3v) is 5.82. The highest BCUT2D eigenvalue weighted by atomic mass is 32.2. The molecule has 0 aliphatic carbocycles. The molecule has 1 amide bonds. The van der Waals surface area contributed by atoms with Crippen LogP contribution in [0.5, 0.6) is 0 Å². The van der Waals surface area contributed by atoms with Crippen molar-refractivity contribution in [2.45, 2.75) is 18.6 Å². The molecule has 0 spiro atoms. The number of rotatable bonds is 10. The van der Waals surface area contributed by atoms with E-state index in [0.29, 0.717) is 34.5 Å². The Labute approximate surface area is 205 Å². The Bertz CT molecular complexity index is 1320. The molecule has 2 aromatic carbocycles. The maximum absolute atomic E-state index is 12.3. The molecule has 0 bridgehead atoms. The number of thioether (sulfide) groups is 1. The second-order valence-corrected chi connectivity index (χ2v) is 8.43. The van der Waals surface area contributed by atoms with Crippen molar-refractivity contribution >= 4 is 35.1 Å². The van der Waals surface area contributed by atoms with Crippen molar-refractivity contribution < 1.29 is 23.5 Å². The summed E-state index contributed by atoms with van der Waals surface area (Å²) < 4.78 is 12.4. The number of furan rings is 1. The molecular weight excluding hydrogens is 468 g/mol. The lowest BCUT2D eigenvalue weighted by molar-refractivity contribution is -0.144. The lowest BCUT2D eigenvalue weighted by atomic mass is 10.1. The van der Waals surface area contributed by atoms with E-state index in [1.165, 1.54) is 6.92 Å². The van der Waals surface area contributed by atoms with Gasteiger partial charge in [0, 0.05) is 11.3 Å². The van der Waals surface area contributed by atoms with E-state index in [4.69, 9.17) is 9.15 Å². The van der Waals surface area contributed by atoms with E-state index < -0.39 is 18.5 Å². The molecule has 0 saturated carbocycles. The van der Waals surface area contributed by atoms with Crippen LogP contribution in [-0.2, 0) is 20.9 Å². The maximum atomic E-state index is 12.3. The Morgan fingerprint density at radius 3 is 2.60 bits per heavy atom. The lowest BCUT2D eigenvalue weighted by Crippen LogP contribution is -2.21. The van der Waals surface area contributed by atoms with Gasteiger partial charge in [0.2, 0.25) is 5.82 Å². The molecule has 2 heterocycles. The molecule has 10 heteroatoms. The number of carbonyl (C=O) groups is 3. The van der Waals surface area contributed by atoms with Crippen LogP contribution in [0.2, 0.25) is 0 Å². The van der Waals surface area contributed by atoms with Gasteiger partial charge in [-0.2, -0.15) is 0 Å². The van der Waals surface area contributed by atoms with E-state index in [9.17, 15) is 14.4 Å². The highest BCUT2D eigenvalue weighted by molar-refractivity contribution is 7.99. The van der Waals surface area contributed by atoms with Crippen LogP contribution in [0.15, 0.2) is 82.6 Å². The average Bonchev–Trinajstić information content (AvgIpc) is 3.52. The number of anilines is 1. The minimum Gasteiger partial charge on any atom is -0.461 e. The van der Waals surface area contributed by atoms with Crippen LogP contribution in [0.3, 0.4) is 0 Å². The second-order valence-electron chi connectivity index (χ2n) is 7.49. The van der Waals surface area contributed by atoms with Crippen molar-refractivity contribution in [1.29, 1.82) is 0 Å². The summed E-state index contributed by atoms with van der Waals surface area (Å²) in [6.07, 6.45) is 1.56. The zero-order valence-corrected chi connectivity index (χ0v) is 19.7. The Morgan fingerprint density at radius 2 is 1.86 bits per heavy atom. The average molecular weight is 491 g/mol. The summed E-state index contributed by atoms with van der Waals surface area (Å²) in [4.78, 5) is 35.9. The highest BCUT2D eigenvalue weighted by Gasteiger charge is 2.18. The monoisotopic (exact) mass is 490 g/mol. The fraction of sp³-hybridized carbons (Fsp3) is 0.160. The number of carbonyl (C=O) groups excluding carboxylic acids is 3.